The summed E-state index contributed by atoms with van der Waals surface area (Å²) in [4.78, 5) is 55.2. The van der Waals surface area contributed by atoms with Gasteiger partial charge in [-0.25, -0.2) is 28.9 Å². The highest BCUT2D eigenvalue weighted by atomic mass is 32.7. The number of alkyl halides is 1. The Morgan fingerprint density at radius 1 is 1.16 bits per heavy atom. The largest absolute Gasteiger partial charge is 0.392 e. The van der Waals surface area contributed by atoms with Gasteiger partial charge in [-0.3, -0.25) is 23.4 Å². The quantitative estimate of drug-likeness (QED) is 0.0860. The van der Waals surface area contributed by atoms with E-state index in [1.165, 1.54) is 29.0 Å². The molecule has 2 saturated heterocycles. The maximum atomic E-state index is 16.0. The van der Waals surface area contributed by atoms with Gasteiger partial charge in [-0.05, 0) is 11.8 Å². The fourth-order valence-electron chi connectivity index (χ4n) is 4.95. The van der Waals surface area contributed by atoms with Gasteiger partial charge in [0.15, 0.2) is 35.0 Å². The van der Waals surface area contributed by atoms with E-state index in [1.54, 1.807) is 4.57 Å². The molecule has 2 unspecified atom stereocenters. The summed E-state index contributed by atoms with van der Waals surface area (Å²) in [5.74, 6) is -0.0570. The van der Waals surface area contributed by atoms with Crippen molar-refractivity contribution >= 4 is 83.4 Å². The predicted octanol–water partition coefficient (Wildman–Crippen LogP) is 0.390. The van der Waals surface area contributed by atoms with E-state index < -0.39 is 67.0 Å². The average Bonchev–Trinajstić information content (AvgIpc) is 3.72. The number of halogens is 1. The first-order valence-electron chi connectivity index (χ1n) is 12.8. The number of imidazole rings is 2. The van der Waals surface area contributed by atoms with Gasteiger partial charge in [0.1, 0.15) is 24.1 Å². The second kappa shape index (κ2) is 12.4. The molecule has 0 saturated carbocycles. The third-order valence-electron chi connectivity index (χ3n) is 6.96. The molecule has 0 spiro atoms. The number of thioether (sulfide) groups is 1. The van der Waals surface area contributed by atoms with Crippen LogP contribution in [0.3, 0.4) is 0 Å². The number of aromatic nitrogens is 8. The minimum absolute atomic E-state index is 0.0416. The lowest BCUT2D eigenvalue weighted by molar-refractivity contribution is -0.0408. The third-order valence-corrected chi connectivity index (χ3v) is 10.9. The zero-order valence-electron chi connectivity index (χ0n) is 22.5. The number of ether oxygens (including phenoxy) is 1. The number of nitrogens with one attached hydrogen (secondary N) is 1. The molecule has 0 radical (unpaired) electrons. The van der Waals surface area contributed by atoms with Crippen molar-refractivity contribution < 1.29 is 42.2 Å². The SMILES string of the molecule is Nc1nc2c(ncn2[C@H]2C[C@H](O)[C@@H](COP(O)(=S)O[C@H]3[C@H](F)[C@H](n4cnc5c(N)ncnc54)O[C@@H]3COP(=O)(O)S)S2)c(=O)[nH]1. The molecule has 4 aromatic heterocycles. The normalized spacial score (nSPS) is 29.8. The number of nitrogen functional groups attached to an aromatic ring is 2. The van der Waals surface area contributed by atoms with Crippen LogP contribution < -0.4 is 17.0 Å². The lowest BCUT2D eigenvalue weighted by Crippen LogP contribution is -2.34. The number of anilines is 2. The Kier molecular flexibility index (Phi) is 9.00. The van der Waals surface area contributed by atoms with E-state index >= 15 is 4.39 Å². The number of nitrogens with zero attached hydrogens (tertiary/aromatic N) is 7. The summed E-state index contributed by atoms with van der Waals surface area (Å²) in [6, 6.07) is 0. The summed E-state index contributed by atoms with van der Waals surface area (Å²) in [6.45, 7) is -9.53. The van der Waals surface area contributed by atoms with E-state index in [-0.39, 0.29) is 47.1 Å². The molecule has 0 aromatic carbocycles. The van der Waals surface area contributed by atoms with Gasteiger partial charge < -0.3 is 40.2 Å². The van der Waals surface area contributed by atoms with Crippen molar-refractivity contribution in [3.63, 3.8) is 0 Å². The number of aliphatic hydroxyl groups is 1. The van der Waals surface area contributed by atoms with E-state index in [0.717, 1.165) is 6.33 Å². The number of fused-ring (bicyclic) bond motifs is 2. The zero-order chi connectivity index (χ0) is 32.3. The summed E-state index contributed by atoms with van der Waals surface area (Å²) in [5.41, 5.74) is 11.6. The highest BCUT2D eigenvalue weighted by Crippen LogP contribution is 2.53. The van der Waals surface area contributed by atoms with Crippen molar-refractivity contribution in [3.8, 4) is 0 Å². The molecule has 8 N–H and O–H groups in total. The van der Waals surface area contributed by atoms with Crippen LogP contribution in [0.5, 0.6) is 0 Å². The van der Waals surface area contributed by atoms with Gasteiger partial charge in [-0.2, -0.15) is 4.98 Å². The molecular weight excluding hydrogens is 701 g/mol. The molecule has 6 heterocycles. The number of nitrogens with two attached hydrogens (primary N) is 2. The Morgan fingerprint density at radius 2 is 1.89 bits per heavy atom. The smallest absolute Gasteiger partial charge is 0.383 e. The van der Waals surface area contributed by atoms with E-state index in [2.05, 4.69) is 42.2 Å². The van der Waals surface area contributed by atoms with Crippen molar-refractivity contribution in [2.24, 2.45) is 0 Å². The third kappa shape index (κ3) is 6.76. The Balaban J connectivity index is 1.16. The molecule has 4 aromatic rings. The molecule has 19 nitrogen and oxygen atoms in total. The lowest BCUT2D eigenvalue weighted by Gasteiger charge is -2.25. The molecule has 0 bridgehead atoms. The summed E-state index contributed by atoms with van der Waals surface area (Å²) in [6.07, 6.45) is -3.50. The Labute approximate surface area is 265 Å². The van der Waals surface area contributed by atoms with Gasteiger partial charge in [-0.1, -0.05) is 12.2 Å². The fraction of sp³-hybridized carbons (Fsp3) is 0.500. The topological polar surface area (TPSA) is 274 Å². The van der Waals surface area contributed by atoms with Crippen LogP contribution in [0.25, 0.3) is 22.3 Å². The molecule has 25 heteroatoms. The van der Waals surface area contributed by atoms with Crippen molar-refractivity contribution in [1.82, 2.24) is 39.0 Å². The van der Waals surface area contributed by atoms with E-state index in [1.807, 2.05) is 0 Å². The molecule has 2 aliphatic rings. The van der Waals surface area contributed by atoms with Crippen LogP contribution >= 0.6 is 37.5 Å². The van der Waals surface area contributed by atoms with Crippen molar-refractivity contribution in [2.75, 3.05) is 24.7 Å². The summed E-state index contributed by atoms with van der Waals surface area (Å²) < 4.78 is 52.1. The number of hydrogen-bond donors (Lipinski definition) is 7. The summed E-state index contributed by atoms with van der Waals surface area (Å²) in [7, 11) is 0. The van der Waals surface area contributed by atoms with Crippen LogP contribution in [-0.4, -0.2) is 96.9 Å². The van der Waals surface area contributed by atoms with E-state index in [9.17, 15) is 24.3 Å². The highest BCUT2D eigenvalue weighted by Gasteiger charge is 2.50. The van der Waals surface area contributed by atoms with Crippen LogP contribution in [0.15, 0.2) is 23.8 Å². The van der Waals surface area contributed by atoms with Gasteiger partial charge in [0.2, 0.25) is 5.95 Å². The molecule has 6 rings (SSSR count). The first-order valence-corrected chi connectivity index (χ1v) is 19.1. The van der Waals surface area contributed by atoms with Gasteiger partial charge >= 0.3 is 13.5 Å². The van der Waals surface area contributed by atoms with Gasteiger partial charge in [-0.15, -0.1) is 11.8 Å². The van der Waals surface area contributed by atoms with Gasteiger partial charge in [0.05, 0.1) is 42.6 Å². The van der Waals surface area contributed by atoms with Crippen molar-refractivity contribution in [2.45, 2.75) is 47.8 Å². The summed E-state index contributed by atoms with van der Waals surface area (Å²) in [5, 5.41) is 9.66. The number of rotatable bonds is 10. The molecule has 45 heavy (non-hydrogen) atoms. The number of thiol groups is 1. The molecule has 2 fully saturated rings. The number of hydrogen-bond acceptors (Lipinski definition) is 16. The second-order valence-corrected chi connectivity index (χ2v) is 16.9. The maximum Gasteiger partial charge on any atom is 0.383 e. The molecule has 0 aliphatic carbocycles. The standard InChI is InChI=1S/C20H25FN10O9P2S3/c21-11-14(8(2-37-41(34,35)43)39-19(11)31-6-26-12-15(22)24-4-25-16(12)31)40-42(36,44)38-3-9-7(32)1-10(45-9)30-5-27-13-17(30)28-20(23)29-18(13)33/h4-11,14,19,32H,1-3H2,(H,36,44)(H2,22,24,25)(H2,34,35,43)(H3,23,28,29,33)/t7-,8+,9+,10+,11-,14+,19+,42?/m0/s1. The second-order valence-electron chi connectivity index (χ2n) is 9.92. The highest BCUT2D eigenvalue weighted by molar-refractivity contribution is 8.44. The average molecular weight is 727 g/mol. The summed E-state index contributed by atoms with van der Waals surface area (Å²) >= 11 is 9.87. The fourth-order valence-corrected chi connectivity index (χ4v) is 8.47. The molecule has 9 atom stereocenters. The van der Waals surface area contributed by atoms with Crippen LogP contribution in [0.4, 0.5) is 16.2 Å². The molecule has 0 amide bonds. The number of aliphatic hydroxyl groups excluding tert-OH is 1. The van der Waals surface area contributed by atoms with Crippen molar-refractivity contribution in [1.29, 1.82) is 0 Å². The number of aromatic amines is 1. The molecule has 2 aliphatic heterocycles. The van der Waals surface area contributed by atoms with Crippen LogP contribution in [0.2, 0.25) is 0 Å². The maximum absolute atomic E-state index is 16.0. The predicted molar refractivity (Wildman–Crippen MR) is 164 cm³/mol. The van der Waals surface area contributed by atoms with Crippen molar-refractivity contribution in [3.05, 3.63) is 29.3 Å². The Hall–Kier alpha value is -2.27. The Bertz CT molecular complexity index is 1890. The number of H-pyrrole nitrogens is 1. The van der Waals surface area contributed by atoms with Gasteiger partial charge in [0, 0.05) is 6.42 Å². The van der Waals surface area contributed by atoms with E-state index in [4.69, 9.17) is 41.6 Å². The first kappa shape index (κ1) is 32.7. The minimum atomic E-state index is -4.32. The molecule has 244 valence electrons. The minimum Gasteiger partial charge on any atom is -0.392 e. The van der Waals surface area contributed by atoms with Crippen LogP contribution in [0.1, 0.15) is 18.0 Å². The lowest BCUT2D eigenvalue weighted by atomic mass is 10.1. The van der Waals surface area contributed by atoms with Crippen LogP contribution in [-0.2, 0) is 34.7 Å². The van der Waals surface area contributed by atoms with Crippen LogP contribution in [0, 0.1) is 0 Å². The Morgan fingerprint density at radius 3 is 2.64 bits per heavy atom. The molecular formula is C20H25FN10O9P2S3. The zero-order valence-corrected chi connectivity index (χ0v) is 26.8. The first-order chi connectivity index (χ1) is 21.2. The monoisotopic (exact) mass is 726 g/mol. The van der Waals surface area contributed by atoms with E-state index in [0.29, 0.717) is 0 Å². The van der Waals surface area contributed by atoms with Gasteiger partial charge in [0.25, 0.3) is 5.56 Å².